The van der Waals surface area contributed by atoms with Crippen LogP contribution in [0.4, 0.5) is 0 Å². The van der Waals surface area contributed by atoms with Crippen molar-refractivity contribution in [3.05, 3.63) is 40.8 Å². The lowest BCUT2D eigenvalue weighted by molar-refractivity contribution is 0.0374. The van der Waals surface area contributed by atoms with E-state index in [1.54, 1.807) is 18.2 Å². The Kier molecular flexibility index (Phi) is 5.32. The molecule has 8 heteroatoms. The minimum atomic E-state index is -3.34. The van der Waals surface area contributed by atoms with Crippen molar-refractivity contribution >= 4 is 27.1 Å². The lowest BCUT2D eigenvalue weighted by Crippen LogP contribution is -2.38. The molecular formula is C19H22N2O4S2. The van der Waals surface area contributed by atoms with E-state index in [1.807, 2.05) is 12.1 Å². The number of amides is 1. The Morgan fingerprint density at radius 3 is 2.81 bits per heavy atom. The van der Waals surface area contributed by atoms with Crippen molar-refractivity contribution in [1.82, 2.24) is 10.2 Å². The van der Waals surface area contributed by atoms with E-state index in [1.165, 1.54) is 11.3 Å². The molecule has 0 radical (unpaired) electrons. The molecule has 0 spiro atoms. The van der Waals surface area contributed by atoms with E-state index in [-0.39, 0.29) is 11.7 Å². The van der Waals surface area contributed by atoms with Crippen molar-refractivity contribution in [3.8, 4) is 10.4 Å². The van der Waals surface area contributed by atoms with Crippen LogP contribution in [-0.4, -0.2) is 58.6 Å². The fourth-order valence-corrected chi connectivity index (χ4v) is 6.38. The molecule has 0 unspecified atom stereocenters. The number of nitrogens with one attached hydrogen (secondary N) is 1. The maximum absolute atomic E-state index is 12.5. The average molecular weight is 407 g/mol. The van der Waals surface area contributed by atoms with Crippen molar-refractivity contribution in [2.45, 2.75) is 17.1 Å². The topological polar surface area (TPSA) is 75.7 Å². The van der Waals surface area contributed by atoms with Gasteiger partial charge in [0.25, 0.3) is 5.91 Å². The zero-order valence-electron chi connectivity index (χ0n) is 14.9. The number of benzene rings is 1. The zero-order valence-corrected chi connectivity index (χ0v) is 16.6. The third kappa shape index (κ3) is 3.94. The molecule has 4 rings (SSSR count). The summed E-state index contributed by atoms with van der Waals surface area (Å²) >= 11 is 1.37. The van der Waals surface area contributed by atoms with Crippen molar-refractivity contribution in [2.24, 2.45) is 0 Å². The Labute approximate surface area is 163 Å². The number of nitrogens with zero attached hydrogens (tertiary/aromatic N) is 1. The molecule has 0 saturated carbocycles. The molecule has 0 bridgehead atoms. The van der Waals surface area contributed by atoms with Gasteiger partial charge in [-0.2, -0.15) is 0 Å². The Balaban J connectivity index is 1.41. The molecule has 2 aliphatic rings. The molecule has 1 saturated heterocycles. The van der Waals surface area contributed by atoms with Crippen LogP contribution in [0.1, 0.15) is 21.7 Å². The van der Waals surface area contributed by atoms with E-state index >= 15 is 0 Å². The van der Waals surface area contributed by atoms with Crippen LogP contribution in [-0.2, 0) is 20.3 Å². The van der Waals surface area contributed by atoms with Gasteiger partial charge in [-0.3, -0.25) is 9.69 Å². The molecular weight excluding hydrogens is 384 g/mol. The maximum Gasteiger partial charge on any atom is 0.261 e. The predicted molar refractivity (Wildman–Crippen MR) is 105 cm³/mol. The third-order valence-corrected chi connectivity index (χ3v) is 7.81. The molecule has 144 valence electrons. The van der Waals surface area contributed by atoms with E-state index in [9.17, 15) is 13.2 Å². The van der Waals surface area contributed by atoms with Crippen LogP contribution in [0.25, 0.3) is 10.4 Å². The highest BCUT2D eigenvalue weighted by Crippen LogP contribution is 2.42. The molecule has 1 aromatic heterocycles. The molecule has 1 amide bonds. The second-order valence-corrected chi connectivity index (χ2v) is 9.79. The number of rotatable bonds is 5. The summed E-state index contributed by atoms with van der Waals surface area (Å²) in [6, 6.07) is 8.74. The molecule has 27 heavy (non-hydrogen) atoms. The maximum atomic E-state index is 12.5. The second kappa shape index (κ2) is 7.71. The van der Waals surface area contributed by atoms with Gasteiger partial charge in [-0.25, -0.2) is 8.42 Å². The number of morpholine rings is 1. The molecule has 2 aromatic rings. The number of fused-ring (bicyclic) bond motifs is 3. The summed E-state index contributed by atoms with van der Waals surface area (Å²) in [6.07, 6.45) is 0.883. The highest BCUT2D eigenvalue weighted by atomic mass is 32.2. The van der Waals surface area contributed by atoms with E-state index in [0.717, 1.165) is 49.7 Å². The first kappa shape index (κ1) is 18.6. The average Bonchev–Trinajstić information content (AvgIpc) is 3.09. The fourth-order valence-electron chi connectivity index (χ4n) is 3.50. The van der Waals surface area contributed by atoms with E-state index in [0.29, 0.717) is 21.9 Å². The normalized spacial score (nSPS) is 18.5. The first-order valence-corrected chi connectivity index (χ1v) is 11.5. The smallest absolute Gasteiger partial charge is 0.261 e. The van der Waals surface area contributed by atoms with Crippen LogP contribution in [0, 0.1) is 0 Å². The first-order valence-electron chi connectivity index (χ1n) is 9.08. The molecule has 2 aliphatic heterocycles. The van der Waals surface area contributed by atoms with E-state index in [2.05, 4.69) is 10.2 Å². The molecule has 1 aromatic carbocycles. The van der Waals surface area contributed by atoms with Gasteiger partial charge in [0, 0.05) is 30.1 Å². The van der Waals surface area contributed by atoms with Gasteiger partial charge < -0.3 is 10.1 Å². The zero-order chi connectivity index (χ0) is 18.9. The van der Waals surface area contributed by atoms with Gasteiger partial charge in [-0.05, 0) is 30.7 Å². The third-order valence-electron chi connectivity index (χ3n) is 4.89. The van der Waals surface area contributed by atoms with Crippen molar-refractivity contribution in [2.75, 3.05) is 39.4 Å². The Morgan fingerprint density at radius 2 is 2.00 bits per heavy atom. The van der Waals surface area contributed by atoms with Gasteiger partial charge in [0.1, 0.15) is 0 Å². The van der Waals surface area contributed by atoms with Crippen LogP contribution in [0.2, 0.25) is 0 Å². The van der Waals surface area contributed by atoms with Gasteiger partial charge in [-0.1, -0.05) is 18.2 Å². The summed E-state index contributed by atoms with van der Waals surface area (Å²) in [5.41, 5.74) is 1.42. The molecule has 1 fully saturated rings. The van der Waals surface area contributed by atoms with Crippen LogP contribution < -0.4 is 5.32 Å². The van der Waals surface area contributed by atoms with Crippen LogP contribution in [0.15, 0.2) is 35.2 Å². The molecule has 1 N–H and O–H groups in total. The summed E-state index contributed by atoms with van der Waals surface area (Å²) in [4.78, 5) is 16.7. The largest absolute Gasteiger partial charge is 0.379 e. The highest BCUT2D eigenvalue weighted by molar-refractivity contribution is 7.91. The SMILES string of the molecule is O=C(NCCCN1CCOCC1)c1cc2c(s1)-c1ccccc1S(=O)(=O)C2. The van der Waals surface area contributed by atoms with E-state index in [4.69, 9.17) is 4.74 Å². The predicted octanol–water partition coefficient (Wildman–Crippen LogP) is 2.15. The summed E-state index contributed by atoms with van der Waals surface area (Å²) in [6.45, 7) is 4.98. The van der Waals surface area contributed by atoms with Crippen LogP contribution in [0.5, 0.6) is 0 Å². The lowest BCUT2D eigenvalue weighted by Gasteiger charge is -2.26. The fraction of sp³-hybridized carbons (Fsp3) is 0.421. The van der Waals surface area contributed by atoms with Crippen molar-refractivity contribution < 1.29 is 17.9 Å². The van der Waals surface area contributed by atoms with Gasteiger partial charge in [0.05, 0.1) is 28.7 Å². The van der Waals surface area contributed by atoms with Gasteiger partial charge in [0.2, 0.25) is 0 Å². The molecule has 3 heterocycles. The van der Waals surface area contributed by atoms with Gasteiger partial charge >= 0.3 is 0 Å². The Hall–Kier alpha value is -1.74. The Morgan fingerprint density at radius 1 is 1.22 bits per heavy atom. The van der Waals surface area contributed by atoms with Crippen LogP contribution >= 0.6 is 11.3 Å². The quantitative estimate of drug-likeness (QED) is 0.770. The lowest BCUT2D eigenvalue weighted by atomic mass is 10.1. The number of carbonyl (C=O) groups excluding carboxylic acids is 1. The van der Waals surface area contributed by atoms with Crippen molar-refractivity contribution in [3.63, 3.8) is 0 Å². The first-order chi connectivity index (χ1) is 13.0. The monoisotopic (exact) mass is 406 g/mol. The number of hydrogen-bond donors (Lipinski definition) is 1. The summed E-state index contributed by atoms with van der Waals surface area (Å²) in [7, 11) is -3.34. The standard InChI is InChI=1S/C19H22N2O4S2/c22-19(20-6-3-7-21-8-10-25-11-9-21)16-12-14-13-27(23,24)17-5-2-1-4-15(17)18(14)26-16/h1-2,4-5,12H,3,6-11,13H2,(H,20,22). The molecule has 0 aliphatic carbocycles. The van der Waals surface area contributed by atoms with Crippen LogP contribution in [0.3, 0.4) is 0 Å². The highest BCUT2D eigenvalue weighted by Gasteiger charge is 2.30. The molecule has 6 nitrogen and oxygen atoms in total. The van der Waals surface area contributed by atoms with Crippen molar-refractivity contribution in [1.29, 1.82) is 0 Å². The second-order valence-electron chi connectivity index (χ2n) is 6.78. The summed E-state index contributed by atoms with van der Waals surface area (Å²) in [5, 5.41) is 2.96. The molecule has 0 atom stereocenters. The number of carbonyl (C=O) groups is 1. The summed E-state index contributed by atoms with van der Waals surface area (Å²) < 4.78 is 30.3. The van der Waals surface area contributed by atoms with Gasteiger partial charge in [0.15, 0.2) is 9.84 Å². The number of hydrogen-bond acceptors (Lipinski definition) is 6. The number of thiophene rings is 1. The Bertz CT molecular complexity index is 946. The van der Waals surface area contributed by atoms with E-state index < -0.39 is 9.84 Å². The number of ether oxygens (including phenoxy) is 1. The summed E-state index contributed by atoms with van der Waals surface area (Å²) in [5.74, 6) is -0.175. The minimum Gasteiger partial charge on any atom is -0.379 e. The van der Waals surface area contributed by atoms with Gasteiger partial charge in [-0.15, -0.1) is 11.3 Å². The number of sulfone groups is 1. The minimum absolute atomic E-state index is 0.0415.